The molecule has 7 heteroatoms. The Morgan fingerprint density at radius 2 is 1.64 bits per heavy atom. The lowest BCUT2D eigenvalue weighted by molar-refractivity contribution is 0.00831. The lowest BCUT2D eigenvalue weighted by Crippen LogP contribution is -2.52. The zero-order valence-electron chi connectivity index (χ0n) is 11.9. The Balaban J connectivity index is 1.92. The summed E-state index contributed by atoms with van der Waals surface area (Å²) in [4.78, 5) is 0. The van der Waals surface area contributed by atoms with E-state index in [2.05, 4.69) is 0 Å². The van der Waals surface area contributed by atoms with Gasteiger partial charge < -0.3 is 5.11 Å². The zero-order chi connectivity index (χ0) is 16.1. The third-order valence-corrected chi connectivity index (χ3v) is 7.50. The minimum atomic E-state index is -3.28. The smallest absolute Gasteiger partial charge is 0.165 e. The SMILES string of the molecule is O=S1(=O)C2CCCC1CC(O)(Cc1c(F)ccc(F)c1F)C2. The molecular formula is C15H17F3O3S. The first-order valence-corrected chi connectivity index (χ1v) is 8.91. The van der Waals surface area contributed by atoms with Crippen LogP contribution >= 0.6 is 0 Å². The molecule has 3 rings (SSSR count). The summed E-state index contributed by atoms with van der Waals surface area (Å²) in [7, 11) is -3.28. The lowest BCUT2D eigenvalue weighted by atomic mass is 9.81. The molecule has 2 aliphatic heterocycles. The molecule has 0 radical (unpaired) electrons. The quantitative estimate of drug-likeness (QED) is 0.846. The van der Waals surface area contributed by atoms with E-state index in [0.717, 1.165) is 12.5 Å². The summed E-state index contributed by atoms with van der Waals surface area (Å²) >= 11 is 0. The average Bonchev–Trinajstić information content (AvgIpc) is 2.42. The van der Waals surface area contributed by atoms with Crippen LogP contribution in [0.2, 0.25) is 0 Å². The fourth-order valence-electron chi connectivity index (χ4n) is 3.75. The van der Waals surface area contributed by atoms with E-state index < -0.39 is 55.4 Å². The fourth-order valence-corrected chi connectivity index (χ4v) is 6.37. The summed E-state index contributed by atoms with van der Waals surface area (Å²) < 4.78 is 65.2. The number of hydrogen-bond acceptors (Lipinski definition) is 3. The zero-order valence-corrected chi connectivity index (χ0v) is 12.7. The Bertz CT molecular complexity index is 682. The van der Waals surface area contributed by atoms with Crippen molar-refractivity contribution < 1.29 is 26.7 Å². The van der Waals surface area contributed by atoms with Gasteiger partial charge in [-0.05, 0) is 37.8 Å². The highest BCUT2D eigenvalue weighted by molar-refractivity contribution is 7.92. The Morgan fingerprint density at radius 1 is 1.09 bits per heavy atom. The third kappa shape index (κ3) is 2.54. The summed E-state index contributed by atoms with van der Waals surface area (Å²) in [5.74, 6) is -3.42. The maximum absolute atomic E-state index is 13.8. The number of hydrogen-bond donors (Lipinski definition) is 1. The van der Waals surface area contributed by atoms with Gasteiger partial charge in [-0.1, -0.05) is 6.42 Å². The summed E-state index contributed by atoms with van der Waals surface area (Å²) in [6.45, 7) is 0. The minimum absolute atomic E-state index is 0.0543. The molecule has 1 aromatic rings. The molecule has 0 spiro atoms. The Hall–Kier alpha value is -1.08. The fraction of sp³-hybridized carbons (Fsp3) is 0.600. The lowest BCUT2D eigenvalue weighted by Gasteiger charge is -2.44. The first-order valence-electron chi connectivity index (χ1n) is 7.30. The molecule has 2 saturated heterocycles. The predicted molar refractivity (Wildman–Crippen MR) is 74.6 cm³/mol. The Kier molecular flexibility index (Phi) is 3.76. The van der Waals surface area contributed by atoms with Gasteiger partial charge in [-0.2, -0.15) is 0 Å². The number of sulfone groups is 1. The number of benzene rings is 1. The molecular weight excluding hydrogens is 317 g/mol. The number of halogens is 3. The topological polar surface area (TPSA) is 54.4 Å². The van der Waals surface area contributed by atoms with Crippen LogP contribution in [0.5, 0.6) is 0 Å². The second-order valence-corrected chi connectivity index (χ2v) is 8.91. The van der Waals surface area contributed by atoms with Gasteiger partial charge in [0.25, 0.3) is 0 Å². The first kappa shape index (κ1) is 15.8. The van der Waals surface area contributed by atoms with Crippen LogP contribution in [0.3, 0.4) is 0 Å². The molecule has 0 saturated carbocycles. The number of fused-ring (bicyclic) bond motifs is 2. The van der Waals surface area contributed by atoms with Crippen molar-refractivity contribution in [3.05, 3.63) is 35.1 Å². The second-order valence-electron chi connectivity index (χ2n) is 6.40. The first-order chi connectivity index (χ1) is 10.2. The molecule has 2 fully saturated rings. The molecule has 0 aromatic heterocycles. The standard InChI is InChI=1S/C15H17F3O3S/c16-12-4-5-13(17)14(18)11(12)8-15(19)6-9-2-1-3-10(7-15)22(9,20)21/h4-5,9-10,19H,1-3,6-8H2. The highest BCUT2D eigenvalue weighted by Gasteiger charge is 2.50. The summed E-state index contributed by atoms with van der Waals surface area (Å²) in [6.07, 6.45) is 1.16. The normalized spacial score (nSPS) is 33.6. The summed E-state index contributed by atoms with van der Waals surface area (Å²) in [5, 5.41) is 9.33. The average molecular weight is 334 g/mol. The van der Waals surface area contributed by atoms with E-state index in [1.807, 2.05) is 0 Å². The van der Waals surface area contributed by atoms with Gasteiger partial charge in [0.15, 0.2) is 21.5 Å². The van der Waals surface area contributed by atoms with Crippen molar-refractivity contribution in [1.82, 2.24) is 0 Å². The van der Waals surface area contributed by atoms with Crippen molar-refractivity contribution in [2.45, 2.75) is 54.6 Å². The molecule has 0 aliphatic carbocycles. The van der Waals surface area contributed by atoms with Gasteiger partial charge in [-0.25, -0.2) is 21.6 Å². The van der Waals surface area contributed by atoms with E-state index in [9.17, 15) is 26.7 Å². The van der Waals surface area contributed by atoms with E-state index >= 15 is 0 Å². The molecule has 2 unspecified atom stereocenters. The van der Waals surface area contributed by atoms with Gasteiger partial charge in [0.2, 0.25) is 0 Å². The van der Waals surface area contributed by atoms with Crippen molar-refractivity contribution in [2.75, 3.05) is 0 Å². The predicted octanol–water partition coefficient (Wildman–Crippen LogP) is 2.51. The molecule has 1 N–H and O–H groups in total. The van der Waals surface area contributed by atoms with Gasteiger partial charge >= 0.3 is 0 Å². The summed E-state index contributed by atoms with van der Waals surface area (Å²) in [5.41, 5.74) is -2.03. The Morgan fingerprint density at radius 3 is 2.23 bits per heavy atom. The van der Waals surface area contributed by atoms with Crippen LogP contribution in [-0.2, 0) is 16.3 Å². The van der Waals surface area contributed by atoms with Crippen LogP contribution in [0, 0.1) is 17.5 Å². The molecule has 2 aliphatic rings. The van der Waals surface area contributed by atoms with Crippen molar-refractivity contribution in [1.29, 1.82) is 0 Å². The van der Waals surface area contributed by atoms with Crippen molar-refractivity contribution in [3.8, 4) is 0 Å². The van der Waals surface area contributed by atoms with Gasteiger partial charge in [-0.3, -0.25) is 0 Å². The van der Waals surface area contributed by atoms with Gasteiger partial charge in [0, 0.05) is 12.0 Å². The maximum Gasteiger partial charge on any atom is 0.165 e. The maximum atomic E-state index is 13.8. The van der Waals surface area contributed by atoms with Crippen molar-refractivity contribution >= 4 is 9.84 Å². The molecule has 122 valence electrons. The number of aliphatic hydroxyl groups is 1. The van der Waals surface area contributed by atoms with Gasteiger partial charge in [0.05, 0.1) is 16.1 Å². The molecule has 2 atom stereocenters. The van der Waals surface area contributed by atoms with E-state index in [4.69, 9.17) is 0 Å². The molecule has 2 bridgehead atoms. The molecule has 3 nitrogen and oxygen atoms in total. The molecule has 22 heavy (non-hydrogen) atoms. The summed E-state index contributed by atoms with van der Waals surface area (Å²) in [6, 6.07) is 1.51. The largest absolute Gasteiger partial charge is 0.389 e. The third-order valence-electron chi connectivity index (χ3n) is 4.84. The number of rotatable bonds is 2. The van der Waals surface area contributed by atoms with Crippen LogP contribution in [-0.4, -0.2) is 29.6 Å². The van der Waals surface area contributed by atoms with E-state index in [1.165, 1.54) is 0 Å². The molecule has 2 heterocycles. The van der Waals surface area contributed by atoms with Crippen LogP contribution in [0.15, 0.2) is 12.1 Å². The second kappa shape index (κ2) is 5.23. The van der Waals surface area contributed by atoms with Gasteiger partial charge in [0.1, 0.15) is 5.82 Å². The van der Waals surface area contributed by atoms with E-state index in [1.54, 1.807) is 0 Å². The minimum Gasteiger partial charge on any atom is -0.389 e. The van der Waals surface area contributed by atoms with Gasteiger partial charge in [-0.15, -0.1) is 0 Å². The van der Waals surface area contributed by atoms with Crippen LogP contribution in [0.1, 0.15) is 37.7 Å². The highest BCUT2D eigenvalue weighted by Crippen LogP contribution is 2.43. The Labute approximate surface area is 127 Å². The van der Waals surface area contributed by atoms with Crippen LogP contribution < -0.4 is 0 Å². The van der Waals surface area contributed by atoms with E-state index in [-0.39, 0.29) is 12.8 Å². The monoisotopic (exact) mass is 334 g/mol. The van der Waals surface area contributed by atoms with E-state index in [0.29, 0.717) is 18.9 Å². The van der Waals surface area contributed by atoms with Crippen LogP contribution in [0.4, 0.5) is 13.2 Å². The van der Waals surface area contributed by atoms with Crippen LogP contribution in [0.25, 0.3) is 0 Å². The van der Waals surface area contributed by atoms with Crippen molar-refractivity contribution in [2.24, 2.45) is 0 Å². The van der Waals surface area contributed by atoms with Crippen molar-refractivity contribution in [3.63, 3.8) is 0 Å². The highest BCUT2D eigenvalue weighted by atomic mass is 32.2. The molecule has 0 amide bonds. The molecule has 1 aromatic carbocycles.